The highest BCUT2D eigenvalue weighted by molar-refractivity contribution is 7.22. The molecule has 0 atom stereocenters. The molecule has 0 fully saturated rings. The standard InChI is InChI=1S/C19H11N3OS2/c23-18(21-13-6-5-11-3-1-2-4-12(11)9-13)19-22-14-7-8-15-16(17(14)25-19)20-10-24-15/h1-10H,(H,21,23). The molecular formula is C19H11N3OS2. The first-order valence-corrected chi connectivity index (χ1v) is 9.40. The van der Waals surface area contributed by atoms with Crippen molar-refractivity contribution in [3.05, 3.63) is 65.1 Å². The predicted molar refractivity (Wildman–Crippen MR) is 105 cm³/mol. The summed E-state index contributed by atoms with van der Waals surface area (Å²) in [6.45, 7) is 0. The van der Waals surface area contributed by atoms with Gasteiger partial charge < -0.3 is 5.32 Å². The quantitative estimate of drug-likeness (QED) is 0.463. The highest BCUT2D eigenvalue weighted by Crippen LogP contribution is 2.31. The van der Waals surface area contributed by atoms with Gasteiger partial charge in [-0.2, -0.15) is 0 Å². The van der Waals surface area contributed by atoms with Crippen molar-refractivity contribution in [3.8, 4) is 0 Å². The number of hydrogen-bond acceptors (Lipinski definition) is 5. The lowest BCUT2D eigenvalue weighted by atomic mass is 10.1. The summed E-state index contributed by atoms with van der Waals surface area (Å²) in [5.41, 5.74) is 4.32. The van der Waals surface area contributed by atoms with Crippen molar-refractivity contribution in [3.63, 3.8) is 0 Å². The highest BCUT2D eigenvalue weighted by atomic mass is 32.1. The number of amides is 1. The van der Waals surface area contributed by atoms with Crippen molar-refractivity contribution in [2.75, 3.05) is 5.32 Å². The van der Waals surface area contributed by atoms with Gasteiger partial charge in [0.1, 0.15) is 5.52 Å². The van der Waals surface area contributed by atoms with Gasteiger partial charge in [0.15, 0.2) is 5.01 Å². The van der Waals surface area contributed by atoms with E-state index in [1.54, 1.807) is 11.3 Å². The molecule has 25 heavy (non-hydrogen) atoms. The molecule has 0 bridgehead atoms. The molecule has 0 spiro atoms. The normalized spacial score (nSPS) is 11.4. The Balaban J connectivity index is 1.51. The molecule has 5 aromatic rings. The Labute approximate surface area is 150 Å². The third-order valence-corrected chi connectivity index (χ3v) is 5.93. The van der Waals surface area contributed by atoms with E-state index in [9.17, 15) is 4.79 Å². The molecule has 0 radical (unpaired) electrons. The minimum absolute atomic E-state index is 0.195. The molecule has 3 aromatic carbocycles. The number of carbonyl (C=O) groups is 1. The van der Waals surface area contributed by atoms with E-state index < -0.39 is 0 Å². The van der Waals surface area contributed by atoms with E-state index in [1.165, 1.54) is 11.3 Å². The van der Waals surface area contributed by atoms with E-state index in [-0.39, 0.29) is 5.91 Å². The zero-order valence-electron chi connectivity index (χ0n) is 12.9. The Kier molecular flexibility index (Phi) is 3.26. The van der Waals surface area contributed by atoms with Gasteiger partial charge in [0.25, 0.3) is 5.91 Å². The van der Waals surface area contributed by atoms with Crippen LogP contribution in [0.5, 0.6) is 0 Å². The SMILES string of the molecule is O=C(Nc1ccc2ccccc2c1)c1nc2ccc3scnc3c2s1. The summed E-state index contributed by atoms with van der Waals surface area (Å²) in [7, 11) is 0. The summed E-state index contributed by atoms with van der Waals surface area (Å²) >= 11 is 2.97. The van der Waals surface area contributed by atoms with Gasteiger partial charge in [-0.1, -0.05) is 30.3 Å². The van der Waals surface area contributed by atoms with Gasteiger partial charge in [0.2, 0.25) is 0 Å². The molecule has 2 heterocycles. The Morgan fingerprint density at radius 2 is 1.88 bits per heavy atom. The van der Waals surface area contributed by atoms with Crippen LogP contribution >= 0.6 is 22.7 Å². The topological polar surface area (TPSA) is 54.9 Å². The average molecular weight is 361 g/mol. The molecule has 0 unspecified atom stereocenters. The number of nitrogens with one attached hydrogen (secondary N) is 1. The minimum Gasteiger partial charge on any atom is -0.320 e. The summed E-state index contributed by atoms with van der Waals surface area (Å²) < 4.78 is 2.07. The molecule has 5 rings (SSSR count). The number of fused-ring (bicyclic) bond motifs is 4. The van der Waals surface area contributed by atoms with Crippen LogP contribution in [0.25, 0.3) is 31.2 Å². The lowest BCUT2D eigenvalue weighted by Crippen LogP contribution is -2.11. The van der Waals surface area contributed by atoms with Crippen LogP contribution in [0.2, 0.25) is 0 Å². The number of aromatic nitrogens is 2. The van der Waals surface area contributed by atoms with Crippen LogP contribution in [0.3, 0.4) is 0 Å². The van der Waals surface area contributed by atoms with Crippen molar-refractivity contribution < 1.29 is 4.79 Å². The van der Waals surface area contributed by atoms with Crippen LogP contribution in [-0.4, -0.2) is 15.9 Å². The highest BCUT2D eigenvalue weighted by Gasteiger charge is 2.15. The molecule has 0 aliphatic heterocycles. The van der Waals surface area contributed by atoms with Crippen LogP contribution in [0.15, 0.2) is 60.1 Å². The minimum atomic E-state index is -0.195. The molecule has 0 saturated carbocycles. The van der Waals surface area contributed by atoms with E-state index in [0.717, 1.165) is 36.9 Å². The summed E-state index contributed by atoms with van der Waals surface area (Å²) in [4.78, 5) is 21.5. The van der Waals surface area contributed by atoms with Gasteiger partial charge in [-0.15, -0.1) is 22.7 Å². The van der Waals surface area contributed by atoms with Gasteiger partial charge in [-0.25, -0.2) is 9.97 Å². The van der Waals surface area contributed by atoms with Crippen molar-refractivity contribution >= 4 is 65.5 Å². The molecule has 1 amide bonds. The largest absolute Gasteiger partial charge is 0.320 e. The van der Waals surface area contributed by atoms with Gasteiger partial charge in [0.05, 0.1) is 20.4 Å². The third-order valence-electron chi connectivity index (χ3n) is 4.06. The second-order valence-electron chi connectivity index (χ2n) is 5.65. The first-order chi connectivity index (χ1) is 12.3. The average Bonchev–Trinajstić information content (AvgIpc) is 3.27. The smallest absolute Gasteiger partial charge is 0.284 e. The summed E-state index contributed by atoms with van der Waals surface area (Å²) in [6.07, 6.45) is 0. The molecule has 4 nitrogen and oxygen atoms in total. The molecule has 1 N–H and O–H groups in total. The molecule has 6 heteroatoms. The van der Waals surface area contributed by atoms with Crippen LogP contribution in [0, 0.1) is 0 Å². The monoisotopic (exact) mass is 361 g/mol. The van der Waals surface area contributed by atoms with Crippen LogP contribution in [0.4, 0.5) is 5.69 Å². The summed E-state index contributed by atoms with van der Waals surface area (Å²) in [6, 6.07) is 17.9. The molecule has 2 aromatic heterocycles. The van der Waals surface area contributed by atoms with Gasteiger partial charge in [-0.05, 0) is 35.0 Å². The van der Waals surface area contributed by atoms with E-state index in [2.05, 4.69) is 15.3 Å². The number of nitrogens with zero attached hydrogens (tertiary/aromatic N) is 2. The Morgan fingerprint density at radius 3 is 2.80 bits per heavy atom. The fraction of sp³-hybridized carbons (Fsp3) is 0. The molecule has 120 valence electrons. The first-order valence-electron chi connectivity index (χ1n) is 7.71. The first kappa shape index (κ1) is 14.5. The van der Waals surface area contributed by atoms with Crippen molar-refractivity contribution in [2.45, 2.75) is 0 Å². The molecular weight excluding hydrogens is 350 g/mol. The number of benzene rings is 3. The van der Waals surface area contributed by atoms with Gasteiger partial charge >= 0.3 is 0 Å². The van der Waals surface area contributed by atoms with E-state index >= 15 is 0 Å². The number of carbonyl (C=O) groups excluding carboxylic acids is 1. The Bertz CT molecular complexity index is 1260. The van der Waals surface area contributed by atoms with Gasteiger partial charge in [0, 0.05) is 5.69 Å². The summed E-state index contributed by atoms with van der Waals surface area (Å²) in [5.74, 6) is -0.195. The zero-order chi connectivity index (χ0) is 16.8. The van der Waals surface area contributed by atoms with E-state index in [1.807, 2.05) is 60.1 Å². The third kappa shape index (κ3) is 2.47. The fourth-order valence-electron chi connectivity index (χ4n) is 2.86. The lowest BCUT2D eigenvalue weighted by Gasteiger charge is -2.04. The van der Waals surface area contributed by atoms with E-state index in [0.29, 0.717) is 5.01 Å². The van der Waals surface area contributed by atoms with Crippen molar-refractivity contribution in [1.29, 1.82) is 0 Å². The maximum atomic E-state index is 12.6. The van der Waals surface area contributed by atoms with Crippen LogP contribution < -0.4 is 5.32 Å². The fourth-order valence-corrected chi connectivity index (χ4v) is 4.57. The Hall–Kier alpha value is -2.83. The van der Waals surface area contributed by atoms with Crippen molar-refractivity contribution in [1.82, 2.24) is 9.97 Å². The maximum Gasteiger partial charge on any atom is 0.284 e. The number of anilines is 1. The lowest BCUT2D eigenvalue weighted by molar-refractivity contribution is 0.102. The zero-order valence-corrected chi connectivity index (χ0v) is 14.5. The predicted octanol–water partition coefficient (Wildman–Crippen LogP) is 5.31. The van der Waals surface area contributed by atoms with Crippen LogP contribution in [-0.2, 0) is 0 Å². The van der Waals surface area contributed by atoms with Gasteiger partial charge in [-0.3, -0.25) is 4.79 Å². The van der Waals surface area contributed by atoms with E-state index in [4.69, 9.17) is 0 Å². The Morgan fingerprint density at radius 1 is 1.00 bits per heavy atom. The second-order valence-corrected chi connectivity index (χ2v) is 7.53. The molecule has 0 aliphatic carbocycles. The maximum absolute atomic E-state index is 12.6. The van der Waals surface area contributed by atoms with Crippen LogP contribution in [0.1, 0.15) is 9.80 Å². The van der Waals surface area contributed by atoms with Crippen molar-refractivity contribution in [2.24, 2.45) is 0 Å². The molecule has 0 aliphatic rings. The second kappa shape index (κ2) is 5.61. The summed E-state index contributed by atoms with van der Waals surface area (Å²) in [5, 5.41) is 5.63. The molecule has 0 saturated heterocycles. The number of hydrogen-bond donors (Lipinski definition) is 1. The number of thiazole rings is 2. The number of rotatable bonds is 2.